The van der Waals surface area contributed by atoms with Gasteiger partial charge >= 0.3 is 0 Å². The SMILES string of the molecule is NC(=O)CCNCC1CCC2(CCCC2)O1. The van der Waals surface area contributed by atoms with Crippen LogP contribution >= 0.6 is 0 Å². The second-order valence-corrected chi connectivity index (χ2v) is 5.09. The number of primary amides is 1. The second kappa shape index (κ2) is 5.15. The Morgan fingerprint density at radius 2 is 2.12 bits per heavy atom. The number of amides is 1. The smallest absolute Gasteiger partial charge is 0.218 e. The molecule has 16 heavy (non-hydrogen) atoms. The third-order valence-corrected chi connectivity index (χ3v) is 3.77. The first-order chi connectivity index (χ1) is 7.70. The summed E-state index contributed by atoms with van der Waals surface area (Å²) in [4.78, 5) is 10.6. The Bertz CT molecular complexity index is 249. The summed E-state index contributed by atoms with van der Waals surface area (Å²) >= 11 is 0. The summed E-state index contributed by atoms with van der Waals surface area (Å²) in [5.41, 5.74) is 5.29. The molecular weight excluding hydrogens is 204 g/mol. The molecule has 1 saturated carbocycles. The van der Waals surface area contributed by atoms with E-state index in [-0.39, 0.29) is 11.5 Å². The highest BCUT2D eigenvalue weighted by Crippen LogP contribution is 2.42. The summed E-state index contributed by atoms with van der Waals surface area (Å²) < 4.78 is 6.14. The highest BCUT2D eigenvalue weighted by Gasteiger charge is 2.41. The molecule has 0 bridgehead atoms. The van der Waals surface area contributed by atoms with E-state index in [1.807, 2.05) is 0 Å². The van der Waals surface area contributed by atoms with Crippen LogP contribution in [0.5, 0.6) is 0 Å². The van der Waals surface area contributed by atoms with Crippen molar-refractivity contribution >= 4 is 5.91 Å². The van der Waals surface area contributed by atoms with Gasteiger partial charge in [-0.2, -0.15) is 0 Å². The van der Waals surface area contributed by atoms with Crippen molar-refractivity contribution in [2.45, 2.75) is 56.7 Å². The first-order valence-corrected chi connectivity index (χ1v) is 6.37. The van der Waals surface area contributed by atoms with Crippen molar-refractivity contribution in [2.75, 3.05) is 13.1 Å². The summed E-state index contributed by atoms with van der Waals surface area (Å²) in [5, 5.41) is 3.24. The van der Waals surface area contributed by atoms with E-state index in [1.165, 1.54) is 32.1 Å². The van der Waals surface area contributed by atoms with Crippen LogP contribution in [0.3, 0.4) is 0 Å². The highest BCUT2D eigenvalue weighted by molar-refractivity contribution is 5.73. The van der Waals surface area contributed by atoms with Gasteiger partial charge in [0.25, 0.3) is 0 Å². The molecule has 4 heteroatoms. The van der Waals surface area contributed by atoms with Gasteiger partial charge in [-0.25, -0.2) is 0 Å². The molecule has 0 radical (unpaired) electrons. The first kappa shape index (κ1) is 11.9. The fourth-order valence-corrected chi connectivity index (χ4v) is 2.90. The monoisotopic (exact) mass is 226 g/mol. The molecule has 1 aliphatic heterocycles. The maximum absolute atomic E-state index is 10.6. The van der Waals surface area contributed by atoms with Crippen LogP contribution in [-0.2, 0) is 9.53 Å². The van der Waals surface area contributed by atoms with Gasteiger partial charge in [-0.15, -0.1) is 0 Å². The molecule has 92 valence electrons. The van der Waals surface area contributed by atoms with Gasteiger partial charge in [0.1, 0.15) is 0 Å². The average molecular weight is 226 g/mol. The molecule has 1 saturated heterocycles. The lowest BCUT2D eigenvalue weighted by atomic mass is 9.98. The fraction of sp³-hybridized carbons (Fsp3) is 0.917. The van der Waals surface area contributed by atoms with Crippen molar-refractivity contribution in [1.29, 1.82) is 0 Å². The van der Waals surface area contributed by atoms with E-state index in [9.17, 15) is 4.79 Å². The Kier molecular flexibility index (Phi) is 3.82. The van der Waals surface area contributed by atoms with Crippen LogP contribution in [0, 0.1) is 0 Å². The Hall–Kier alpha value is -0.610. The Labute approximate surface area is 96.9 Å². The predicted molar refractivity (Wildman–Crippen MR) is 62.0 cm³/mol. The van der Waals surface area contributed by atoms with Crippen molar-refractivity contribution in [2.24, 2.45) is 5.73 Å². The molecule has 1 unspecified atom stereocenters. The molecule has 1 atom stereocenters. The molecule has 1 amide bonds. The van der Waals surface area contributed by atoms with Crippen molar-refractivity contribution in [3.8, 4) is 0 Å². The van der Waals surface area contributed by atoms with Crippen LogP contribution < -0.4 is 11.1 Å². The molecular formula is C12H22N2O2. The maximum Gasteiger partial charge on any atom is 0.218 e. The van der Waals surface area contributed by atoms with Gasteiger partial charge in [0.2, 0.25) is 5.91 Å². The molecule has 1 spiro atoms. The minimum Gasteiger partial charge on any atom is -0.370 e. The summed E-state index contributed by atoms with van der Waals surface area (Å²) in [6.07, 6.45) is 8.25. The average Bonchev–Trinajstić information content (AvgIpc) is 2.85. The molecule has 1 heterocycles. The van der Waals surface area contributed by atoms with Crippen molar-refractivity contribution in [3.63, 3.8) is 0 Å². The van der Waals surface area contributed by atoms with E-state index in [1.54, 1.807) is 0 Å². The van der Waals surface area contributed by atoms with Gasteiger partial charge in [-0.1, -0.05) is 12.8 Å². The Morgan fingerprint density at radius 3 is 2.81 bits per heavy atom. The maximum atomic E-state index is 10.6. The van der Waals surface area contributed by atoms with Crippen LogP contribution in [0.2, 0.25) is 0 Å². The summed E-state index contributed by atoms with van der Waals surface area (Å²) in [6, 6.07) is 0. The number of carbonyl (C=O) groups excluding carboxylic acids is 1. The van der Waals surface area contributed by atoms with Gasteiger partial charge in [0.05, 0.1) is 11.7 Å². The normalized spacial score (nSPS) is 27.6. The summed E-state index contributed by atoms with van der Waals surface area (Å²) in [7, 11) is 0. The molecule has 0 aromatic carbocycles. The summed E-state index contributed by atoms with van der Waals surface area (Å²) in [6.45, 7) is 1.53. The van der Waals surface area contributed by atoms with Gasteiger partial charge < -0.3 is 15.8 Å². The van der Waals surface area contributed by atoms with E-state index in [2.05, 4.69) is 5.32 Å². The zero-order valence-electron chi connectivity index (χ0n) is 9.84. The van der Waals surface area contributed by atoms with Crippen LogP contribution in [0.1, 0.15) is 44.9 Å². The Balaban J connectivity index is 1.63. The molecule has 3 N–H and O–H groups in total. The van der Waals surface area contributed by atoms with E-state index in [0.29, 0.717) is 19.1 Å². The van der Waals surface area contributed by atoms with Crippen LogP contribution in [0.25, 0.3) is 0 Å². The quantitative estimate of drug-likeness (QED) is 0.686. The van der Waals surface area contributed by atoms with Crippen molar-refractivity contribution in [1.82, 2.24) is 5.32 Å². The van der Waals surface area contributed by atoms with Crippen LogP contribution in [0.15, 0.2) is 0 Å². The predicted octanol–water partition coefficient (Wildman–Crippen LogP) is 0.943. The number of rotatable bonds is 5. The third-order valence-electron chi connectivity index (χ3n) is 3.77. The lowest BCUT2D eigenvalue weighted by molar-refractivity contribution is -0.118. The van der Waals surface area contributed by atoms with E-state index in [4.69, 9.17) is 10.5 Å². The molecule has 4 nitrogen and oxygen atoms in total. The van der Waals surface area contributed by atoms with E-state index < -0.39 is 0 Å². The number of nitrogens with one attached hydrogen (secondary N) is 1. The lowest BCUT2D eigenvalue weighted by Crippen LogP contribution is -2.32. The number of hydrogen-bond acceptors (Lipinski definition) is 3. The lowest BCUT2D eigenvalue weighted by Gasteiger charge is -2.23. The Morgan fingerprint density at radius 1 is 1.38 bits per heavy atom. The molecule has 0 aromatic heterocycles. The fourth-order valence-electron chi connectivity index (χ4n) is 2.90. The molecule has 2 aliphatic rings. The zero-order chi connectivity index (χ0) is 11.4. The van der Waals surface area contributed by atoms with Gasteiger partial charge in [-0.3, -0.25) is 4.79 Å². The summed E-state index contributed by atoms with van der Waals surface area (Å²) in [5.74, 6) is -0.243. The highest BCUT2D eigenvalue weighted by atomic mass is 16.5. The number of hydrogen-bond donors (Lipinski definition) is 2. The second-order valence-electron chi connectivity index (χ2n) is 5.09. The van der Waals surface area contributed by atoms with Crippen molar-refractivity contribution < 1.29 is 9.53 Å². The number of nitrogens with two attached hydrogens (primary N) is 1. The van der Waals surface area contributed by atoms with Crippen LogP contribution in [0.4, 0.5) is 0 Å². The minimum absolute atomic E-state index is 0.218. The number of carbonyl (C=O) groups is 1. The largest absolute Gasteiger partial charge is 0.370 e. The van der Waals surface area contributed by atoms with E-state index >= 15 is 0 Å². The first-order valence-electron chi connectivity index (χ1n) is 6.37. The van der Waals surface area contributed by atoms with Gasteiger partial charge in [0.15, 0.2) is 0 Å². The zero-order valence-corrected chi connectivity index (χ0v) is 9.84. The van der Waals surface area contributed by atoms with Crippen molar-refractivity contribution in [3.05, 3.63) is 0 Å². The van der Waals surface area contributed by atoms with Gasteiger partial charge in [-0.05, 0) is 25.7 Å². The van der Waals surface area contributed by atoms with E-state index in [0.717, 1.165) is 13.0 Å². The minimum atomic E-state index is -0.243. The number of ether oxygens (including phenoxy) is 1. The topological polar surface area (TPSA) is 64.4 Å². The molecule has 2 rings (SSSR count). The third kappa shape index (κ3) is 2.95. The van der Waals surface area contributed by atoms with Gasteiger partial charge in [0, 0.05) is 19.5 Å². The molecule has 2 fully saturated rings. The molecule has 1 aliphatic carbocycles. The van der Waals surface area contributed by atoms with Crippen LogP contribution in [-0.4, -0.2) is 30.7 Å². The standard InChI is InChI=1S/C12H22N2O2/c13-11(15)4-8-14-9-10-3-7-12(16-10)5-1-2-6-12/h10,14H,1-9H2,(H2,13,15). The molecule has 0 aromatic rings.